The Balaban J connectivity index is 2.24. The molecule has 2 rings (SSSR count). The highest BCUT2D eigenvalue weighted by Crippen LogP contribution is 2.34. The number of hydrogen-bond acceptors (Lipinski definition) is 4. The average Bonchev–Trinajstić information content (AvgIpc) is 2.88. The number of epoxide rings is 1. The van der Waals surface area contributed by atoms with E-state index in [0.29, 0.717) is 26.2 Å². The summed E-state index contributed by atoms with van der Waals surface area (Å²) in [6.07, 6.45) is 0.310. The van der Waals surface area contributed by atoms with Crippen LogP contribution >= 0.6 is 0 Å². The lowest BCUT2D eigenvalue weighted by Crippen LogP contribution is -2.57. The first kappa shape index (κ1) is 16.2. The number of carbonyl (C=O) groups excluding carboxylic acids is 1. The summed E-state index contributed by atoms with van der Waals surface area (Å²) in [7, 11) is 0. The minimum absolute atomic E-state index is 0.133. The van der Waals surface area contributed by atoms with Gasteiger partial charge in [-0.05, 0) is 46.5 Å². The lowest BCUT2D eigenvalue weighted by Gasteiger charge is -2.40. The Morgan fingerprint density at radius 1 is 1.43 bits per heavy atom. The number of nitrogens with zero attached hydrogens (tertiary/aromatic N) is 1. The normalized spacial score (nSPS) is 30.0. The third-order valence-corrected chi connectivity index (χ3v) is 4.22. The average molecular weight is 299 g/mol. The van der Waals surface area contributed by atoms with Crippen molar-refractivity contribution in [1.82, 2.24) is 4.90 Å². The number of ether oxygens (including phenoxy) is 2. The molecule has 2 heterocycles. The van der Waals surface area contributed by atoms with E-state index in [1.807, 2.05) is 20.8 Å². The first-order valence-corrected chi connectivity index (χ1v) is 7.43. The van der Waals surface area contributed by atoms with Gasteiger partial charge in [0, 0.05) is 18.8 Å². The lowest BCUT2D eigenvalue weighted by atomic mass is 9.88. The molecule has 2 aliphatic rings. The third-order valence-electron chi connectivity index (χ3n) is 4.22. The van der Waals surface area contributed by atoms with Crippen LogP contribution in [-0.2, 0) is 14.3 Å². The highest BCUT2D eigenvalue weighted by atomic mass is 16.6. The van der Waals surface area contributed by atoms with Crippen LogP contribution < -0.4 is 0 Å². The SMILES string of the molecule is CC(C)(C)N(C(=O)O)[C@@H](C[C@H]1CCOC1)C(=O)[C@@]1(C)CO1. The predicted molar refractivity (Wildman–Crippen MR) is 76.3 cm³/mol. The van der Waals surface area contributed by atoms with Gasteiger partial charge in [-0.2, -0.15) is 0 Å². The van der Waals surface area contributed by atoms with Crippen molar-refractivity contribution in [1.29, 1.82) is 0 Å². The molecule has 0 bridgehead atoms. The summed E-state index contributed by atoms with van der Waals surface area (Å²) in [5, 5.41) is 9.59. The van der Waals surface area contributed by atoms with E-state index in [-0.39, 0.29) is 11.7 Å². The smallest absolute Gasteiger partial charge is 0.408 e. The molecule has 6 nitrogen and oxygen atoms in total. The summed E-state index contributed by atoms with van der Waals surface area (Å²) in [6.45, 7) is 8.81. The maximum Gasteiger partial charge on any atom is 0.408 e. The molecule has 0 aliphatic carbocycles. The van der Waals surface area contributed by atoms with Crippen LogP contribution in [0.4, 0.5) is 4.79 Å². The van der Waals surface area contributed by atoms with E-state index >= 15 is 0 Å². The molecular formula is C15H25NO5. The number of carbonyl (C=O) groups is 2. The van der Waals surface area contributed by atoms with Gasteiger partial charge in [0.1, 0.15) is 5.60 Å². The fourth-order valence-corrected chi connectivity index (χ4v) is 2.91. The Hall–Kier alpha value is -1.14. The predicted octanol–water partition coefficient (Wildman–Crippen LogP) is 1.92. The van der Waals surface area contributed by atoms with Crippen LogP contribution in [0.2, 0.25) is 0 Å². The van der Waals surface area contributed by atoms with Crippen molar-refractivity contribution < 1.29 is 24.2 Å². The van der Waals surface area contributed by atoms with Gasteiger partial charge in [-0.25, -0.2) is 4.79 Å². The molecule has 1 amide bonds. The lowest BCUT2D eigenvalue weighted by molar-refractivity contribution is -0.130. The van der Waals surface area contributed by atoms with E-state index in [2.05, 4.69) is 0 Å². The van der Waals surface area contributed by atoms with Crippen LogP contribution in [0.1, 0.15) is 40.5 Å². The number of Topliss-reactive ketones (excluding diaryl/α,β-unsaturated/α-hetero) is 1. The summed E-state index contributed by atoms with van der Waals surface area (Å²) < 4.78 is 10.6. The molecule has 2 aliphatic heterocycles. The topological polar surface area (TPSA) is 79.4 Å². The standard InChI is InChI=1S/C15H25NO5/c1-14(2,3)16(13(18)19)11(7-10-5-6-20-8-10)12(17)15(4)9-21-15/h10-11H,5-9H2,1-4H3,(H,18,19)/t10-,11+,15-/m1/s1. The van der Waals surface area contributed by atoms with Crippen LogP contribution in [0.3, 0.4) is 0 Å². The van der Waals surface area contributed by atoms with Gasteiger partial charge in [0.2, 0.25) is 0 Å². The van der Waals surface area contributed by atoms with Crippen LogP contribution in [-0.4, -0.2) is 58.9 Å². The number of ketones is 1. The van der Waals surface area contributed by atoms with Gasteiger partial charge >= 0.3 is 6.09 Å². The van der Waals surface area contributed by atoms with Crippen molar-refractivity contribution >= 4 is 11.9 Å². The van der Waals surface area contributed by atoms with Crippen molar-refractivity contribution in [3.8, 4) is 0 Å². The van der Waals surface area contributed by atoms with Crippen molar-refractivity contribution in [3.63, 3.8) is 0 Å². The molecule has 0 radical (unpaired) electrons. The molecule has 6 heteroatoms. The van der Waals surface area contributed by atoms with Gasteiger partial charge < -0.3 is 14.6 Å². The maximum atomic E-state index is 12.7. The van der Waals surface area contributed by atoms with E-state index in [9.17, 15) is 14.7 Å². The highest BCUT2D eigenvalue weighted by Gasteiger charge is 2.53. The number of carboxylic acid groups (broad SMARTS) is 1. The third kappa shape index (κ3) is 3.55. The second-order valence-electron chi connectivity index (χ2n) is 7.19. The van der Waals surface area contributed by atoms with Crippen molar-refractivity contribution in [2.75, 3.05) is 19.8 Å². The molecule has 1 N–H and O–H groups in total. The van der Waals surface area contributed by atoms with Gasteiger partial charge in [0.25, 0.3) is 0 Å². The molecule has 120 valence electrons. The Kier molecular flexibility index (Phi) is 4.31. The summed E-state index contributed by atoms with van der Waals surface area (Å²) in [5.74, 6) is 0.0947. The van der Waals surface area contributed by atoms with Crippen LogP contribution in [0, 0.1) is 5.92 Å². The zero-order valence-corrected chi connectivity index (χ0v) is 13.2. The summed E-state index contributed by atoms with van der Waals surface area (Å²) in [5.41, 5.74) is -1.46. The van der Waals surface area contributed by atoms with Crippen molar-refractivity contribution in [2.24, 2.45) is 5.92 Å². The summed E-state index contributed by atoms with van der Waals surface area (Å²) in [4.78, 5) is 25.7. The molecule has 0 aromatic rings. The van der Waals surface area contributed by atoms with E-state index in [1.54, 1.807) is 6.92 Å². The highest BCUT2D eigenvalue weighted by molar-refractivity contribution is 5.95. The fraction of sp³-hybridized carbons (Fsp3) is 0.867. The van der Waals surface area contributed by atoms with Crippen molar-refractivity contribution in [3.05, 3.63) is 0 Å². The maximum absolute atomic E-state index is 12.7. The van der Waals surface area contributed by atoms with Crippen molar-refractivity contribution in [2.45, 2.75) is 57.7 Å². The first-order chi connectivity index (χ1) is 9.65. The van der Waals surface area contributed by atoms with Crippen LogP contribution in [0.5, 0.6) is 0 Å². The molecule has 2 fully saturated rings. The molecule has 0 unspecified atom stereocenters. The second-order valence-corrected chi connectivity index (χ2v) is 7.19. The molecule has 0 aromatic heterocycles. The Bertz CT molecular complexity index is 418. The van der Waals surface area contributed by atoms with Crippen LogP contribution in [0.15, 0.2) is 0 Å². The van der Waals surface area contributed by atoms with Gasteiger partial charge in [-0.1, -0.05) is 0 Å². The monoisotopic (exact) mass is 299 g/mol. The zero-order chi connectivity index (χ0) is 15.8. The van der Waals surface area contributed by atoms with E-state index in [1.165, 1.54) is 4.90 Å². The first-order valence-electron chi connectivity index (χ1n) is 7.43. The fourth-order valence-electron chi connectivity index (χ4n) is 2.91. The Morgan fingerprint density at radius 3 is 2.43 bits per heavy atom. The number of hydrogen-bond donors (Lipinski definition) is 1. The van der Waals surface area contributed by atoms with E-state index < -0.39 is 23.3 Å². The largest absolute Gasteiger partial charge is 0.465 e. The molecule has 3 atom stereocenters. The molecule has 21 heavy (non-hydrogen) atoms. The van der Waals surface area contributed by atoms with E-state index in [4.69, 9.17) is 9.47 Å². The minimum atomic E-state index is -1.07. The minimum Gasteiger partial charge on any atom is -0.465 e. The summed E-state index contributed by atoms with van der Waals surface area (Å²) in [6, 6.07) is -0.679. The second kappa shape index (κ2) is 5.57. The number of amides is 1. The molecule has 0 aromatic carbocycles. The van der Waals surface area contributed by atoms with Gasteiger partial charge in [-0.3, -0.25) is 9.69 Å². The van der Waals surface area contributed by atoms with Crippen LogP contribution in [0.25, 0.3) is 0 Å². The van der Waals surface area contributed by atoms with Gasteiger partial charge in [-0.15, -0.1) is 0 Å². The molecule has 2 saturated heterocycles. The molecular weight excluding hydrogens is 274 g/mol. The van der Waals surface area contributed by atoms with Gasteiger partial charge in [0.05, 0.1) is 12.6 Å². The van der Waals surface area contributed by atoms with Gasteiger partial charge in [0.15, 0.2) is 5.78 Å². The van der Waals surface area contributed by atoms with E-state index in [0.717, 1.165) is 6.42 Å². The summed E-state index contributed by atoms with van der Waals surface area (Å²) >= 11 is 0. The zero-order valence-electron chi connectivity index (χ0n) is 13.2. The number of rotatable bonds is 5. The molecule has 0 spiro atoms. The molecule has 0 saturated carbocycles. The Morgan fingerprint density at radius 2 is 2.05 bits per heavy atom. The Labute approximate surface area is 125 Å². The quantitative estimate of drug-likeness (QED) is 0.785.